The molecule has 0 atom stereocenters. The van der Waals surface area contributed by atoms with Crippen LogP contribution < -0.4 is 10.2 Å². The van der Waals surface area contributed by atoms with Crippen molar-refractivity contribution in [2.75, 3.05) is 5.75 Å². The van der Waals surface area contributed by atoms with Crippen LogP contribution in [0.3, 0.4) is 0 Å². The Morgan fingerprint density at radius 2 is 2.04 bits per heavy atom. The quantitative estimate of drug-likeness (QED) is 0.382. The number of nitrogens with zero attached hydrogens (tertiary/aromatic N) is 1. The molecule has 0 amide bonds. The third kappa shape index (κ3) is 3.75. The molecule has 6 heteroatoms. The summed E-state index contributed by atoms with van der Waals surface area (Å²) in [5.74, 6) is 5.86. The number of benzene rings is 1. The minimum absolute atomic E-state index is 0.0584. The molecule has 5 nitrogen and oxygen atoms in total. The highest BCUT2D eigenvalue weighted by atomic mass is 32.2. The lowest BCUT2D eigenvalue weighted by atomic mass is 10.0. The van der Waals surface area contributed by atoms with Crippen LogP contribution in [0.15, 0.2) is 51.8 Å². The first-order chi connectivity index (χ1) is 13.4. The van der Waals surface area contributed by atoms with Crippen LogP contribution in [0.2, 0.25) is 0 Å². The van der Waals surface area contributed by atoms with E-state index in [1.165, 1.54) is 0 Å². The van der Waals surface area contributed by atoms with Crippen LogP contribution in [0.1, 0.15) is 28.8 Å². The molecule has 1 aliphatic heterocycles. The summed E-state index contributed by atoms with van der Waals surface area (Å²) in [6, 6.07) is 10.9. The van der Waals surface area contributed by atoms with Crippen molar-refractivity contribution in [1.29, 1.82) is 0 Å². The zero-order valence-corrected chi connectivity index (χ0v) is 16.1. The van der Waals surface area contributed by atoms with Gasteiger partial charge in [0, 0.05) is 35.6 Å². The highest BCUT2D eigenvalue weighted by Crippen LogP contribution is 2.23. The first-order valence-corrected chi connectivity index (χ1v) is 10.7. The van der Waals surface area contributed by atoms with Crippen LogP contribution >= 0.6 is 0 Å². The first kappa shape index (κ1) is 18.2. The lowest BCUT2D eigenvalue weighted by molar-refractivity contribution is -0.673. The number of sulfone groups is 1. The van der Waals surface area contributed by atoms with Gasteiger partial charge in [-0.05, 0) is 35.9 Å². The molecule has 3 heterocycles. The van der Waals surface area contributed by atoms with E-state index in [0.29, 0.717) is 34.1 Å². The van der Waals surface area contributed by atoms with Crippen molar-refractivity contribution >= 4 is 33.0 Å². The van der Waals surface area contributed by atoms with Crippen LogP contribution in [0.25, 0.3) is 23.1 Å². The second-order valence-electron chi connectivity index (χ2n) is 6.75. The van der Waals surface area contributed by atoms with E-state index in [4.69, 9.17) is 4.42 Å². The van der Waals surface area contributed by atoms with Crippen molar-refractivity contribution < 1.29 is 17.4 Å². The van der Waals surface area contributed by atoms with Crippen LogP contribution in [0.4, 0.5) is 0 Å². The molecular weight excluding hydrogens is 374 g/mol. The normalized spacial score (nSPS) is 15.5. The average molecular weight is 392 g/mol. The zero-order chi connectivity index (χ0) is 19.7. The molecule has 3 aromatic rings. The van der Waals surface area contributed by atoms with Gasteiger partial charge in [0.25, 0.3) is 0 Å². The van der Waals surface area contributed by atoms with Crippen molar-refractivity contribution in [2.45, 2.75) is 12.2 Å². The maximum Gasteiger partial charge on any atom is 0.343 e. The van der Waals surface area contributed by atoms with Gasteiger partial charge in [0.15, 0.2) is 16.0 Å². The third-order valence-corrected chi connectivity index (χ3v) is 6.23. The van der Waals surface area contributed by atoms with Gasteiger partial charge in [-0.3, -0.25) is 0 Å². The molecule has 2 aromatic heterocycles. The van der Waals surface area contributed by atoms with Gasteiger partial charge in [0.05, 0.1) is 17.1 Å². The summed E-state index contributed by atoms with van der Waals surface area (Å²) in [7, 11) is -1.29. The van der Waals surface area contributed by atoms with E-state index in [2.05, 4.69) is 11.8 Å². The molecule has 4 rings (SSSR count). The fraction of sp³-hybridized carbons (Fsp3) is 0.182. The van der Waals surface area contributed by atoms with Gasteiger partial charge in [0.1, 0.15) is 12.6 Å². The summed E-state index contributed by atoms with van der Waals surface area (Å²) in [6.45, 7) is 0. The molecule has 1 aliphatic rings. The summed E-state index contributed by atoms with van der Waals surface area (Å²) >= 11 is 0. The molecule has 0 unspecified atom stereocenters. The Labute approximate surface area is 162 Å². The first-order valence-electron chi connectivity index (χ1n) is 8.84. The Morgan fingerprint density at radius 3 is 2.86 bits per heavy atom. The number of aromatic nitrogens is 1. The molecular formula is C22H18NO4S+. The summed E-state index contributed by atoms with van der Waals surface area (Å²) < 4.78 is 31.8. The number of hydrogen-bond donors (Lipinski definition) is 0. The predicted octanol–water partition coefficient (Wildman–Crippen LogP) is 2.46. The van der Waals surface area contributed by atoms with E-state index in [1.807, 2.05) is 42.1 Å². The molecule has 0 radical (unpaired) electrons. The minimum Gasteiger partial charge on any atom is -0.422 e. The minimum atomic E-state index is -3.21. The number of rotatable bonds is 2. The molecule has 1 aromatic carbocycles. The van der Waals surface area contributed by atoms with Gasteiger partial charge in [-0.2, -0.15) is 0 Å². The molecule has 0 spiro atoms. The topological polar surface area (TPSA) is 68.2 Å². The van der Waals surface area contributed by atoms with Gasteiger partial charge in [0.2, 0.25) is 5.69 Å². The Kier molecular flexibility index (Phi) is 4.62. The van der Waals surface area contributed by atoms with Gasteiger partial charge < -0.3 is 4.42 Å². The molecule has 0 saturated carbocycles. The van der Waals surface area contributed by atoms with Crippen LogP contribution in [0, 0.1) is 11.8 Å². The molecule has 0 saturated heterocycles. The Hall–Kier alpha value is -3.17. The second kappa shape index (κ2) is 7.10. The summed E-state index contributed by atoms with van der Waals surface area (Å²) in [5, 5.41) is 0.674. The van der Waals surface area contributed by atoms with Gasteiger partial charge in [-0.15, -0.1) is 0 Å². The van der Waals surface area contributed by atoms with E-state index >= 15 is 0 Å². The zero-order valence-electron chi connectivity index (χ0n) is 15.3. The monoisotopic (exact) mass is 392 g/mol. The Bertz CT molecular complexity index is 1340. The smallest absolute Gasteiger partial charge is 0.343 e. The van der Waals surface area contributed by atoms with E-state index in [1.54, 1.807) is 24.3 Å². The Balaban J connectivity index is 1.82. The van der Waals surface area contributed by atoms with E-state index in [9.17, 15) is 13.2 Å². The van der Waals surface area contributed by atoms with Crippen molar-refractivity contribution in [3.63, 3.8) is 0 Å². The number of pyridine rings is 1. The summed E-state index contributed by atoms with van der Waals surface area (Å²) in [6.07, 6.45) is 5.77. The van der Waals surface area contributed by atoms with Gasteiger partial charge in [-0.25, -0.2) is 17.8 Å². The maximum atomic E-state index is 12.4. The predicted molar refractivity (Wildman–Crippen MR) is 108 cm³/mol. The summed E-state index contributed by atoms with van der Waals surface area (Å²) in [5.41, 5.74) is 2.52. The van der Waals surface area contributed by atoms with E-state index in [0.717, 1.165) is 5.69 Å². The lowest BCUT2D eigenvalue weighted by Gasteiger charge is -2.10. The number of aryl methyl sites for hydroxylation is 1. The highest BCUT2D eigenvalue weighted by molar-refractivity contribution is 7.90. The fourth-order valence-corrected chi connectivity index (χ4v) is 4.41. The highest BCUT2D eigenvalue weighted by Gasteiger charge is 2.17. The number of hydrogen-bond acceptors (Lipinski definition) is 4. The van der Waals surface area contributed by atoms with Crippen molar-refractivity contribution in [1.82, 2.24) is 0 Å². The summed E-state index contributed by atoms with van der Waals surface area (Å²) in [4.78, 5) is 12.4. The van der Waals surface area contributed by atoms with Crippen molar-refractivity contribution in [3.8, 4) is 11.8 Å². The van der Waals surface area contributed by atoms with Gasteiger partial charge >= 0.3 is 5.63 Å². The molecule has 0 aliphatic carbocycles. The molecule has 0 bridgehead atoms. The molecule has 140 valence electrons. The van der Waals surface area contributed by atoms with Gasteiger partial charge in [-0.1, -0.05) is 11.8 Å². The lowest BCUT2D eigenvalue weighted by Crippen LogP contribution is -2.30. The van der Waals surface area contributed by atoms with Crippen molar-refractivity contribution in [2.24, 2.45) is 7.05 Å². The van der Waals surface area contributed by atoms with Crippen LogP contribution in [-0.2, 0) is 22.6 Å². The van der Waals surface area contributed by atoms with Crippen LogP contribution in [-0.4, -0.2) is 14.2 Å². The fourth-order valence-electron chi connectivity index (χ4n) is 3.14. The average Bonchev–Trinajstić information content (AvgIpc) is 2.64. The largest absolute Gasteiger partial charge is 0.422 e. The van der Waals surface area contributed by atoms with Crippen LogP contribution in [0.5, 0.6) is 0 Å². The van der Waals surface area contributed by atoms with Crippen molar-refractivity contribution in [3.05, 3.63) is 75.4 Å². The molecule has 28 heavy (non-hydrogen) atoms. The molecule has 0 N–H and O–H groups in total. The maximum absolute atomic E-state index is 12.4. The SMILES string of the molecule is C[n+]1ccccc1/C=C/c1cc2cc3c(cc2oc1=O)C#CCCS(=O)(=O)C3. The number of fused-ring (bicyclic) bond motifs is 2. The van der Waals surface area contributed by atoms with E-state index < -0.39 is 15.5 Å². The molecule has 0 fully saturated rings. The Morgan fingerprint density at radius 1 is 1.18 bits per heavy atom. The second-order valence-corrected chi connectivity index (χ2v) is 8.93. The third-order valence-electron chi connectivity index (χ3n) is 4.65. The van der Waals surface area contributed by atoms with E-state index in [-0.39, 0.29) is 11.5 Å². The standard InChI is InChI=1S/C22H18NO4S/c1-23-10-4-2-7-20(23)9-8-17-12-18-13-19-15-28(25,26)11-5-3-6-16(19)14-21(18)27-22(17)24/h2,4,7-10,12-14H,5,11,15H2,1H3/q+1/b9-8+.